The van der Waals surface area contributed by atoms with E-state index in [4.69, 9.17) is 0 Å². The molecule has 2 aliphatic carbocycles. The Morgan fingerprint density at radius 1 is 0.596 bits per heavy atom. The predicted molar refractivity (Wildman–Crippen MR) is 245 cm³/mol. The van der Waals surface area contributed by atoms with Crippen molar-refractivity contribution in [3.8, 4) is 22.3 Å². The van der Waals surface area contributed by atoms with Crippen LogP contribution in [0.4, 0.5) is 22.7 Å². The molecule has 0 radical (unpaired) electrons. The molecule has 10 rings (SSSR count). The van der Waals surface area contributed by atoms with Crippen molar-refractivity contribution in [2.45, 2.75) is 63.2 Å². The van der Waals surface area contributed by atoms with Crippen molar-refractivity contribution >= 4 is 46.7 Å². The van der Waals surface area contributed by atoms with Crippen LogP contribution in [0.2, 0.25) is 0 Å². The first-order chi connectivity index (χ1) is 27.7. The quantitative estimate of drug-likeness (QED) is 0.156. The fourth-order valence-corrected chi connectivity index (χ4v) is 11.0. The smallest absolute Gasteiger partial charge is 0.0601 e. The highest BCUT2D eigenvalue weighted by atomic mass is 32.2. The summed E-state index contributed by atoms with van der Waals surface area (Å²) in [6.07, 6.45) is 13.2. The zero-order valence-corrected chi connectivity index (χ0v) is 34.4. The van der Waals surface area contributed by atoms with E-state index in [9.17, 15) is 0 Å². The van der Waals surface area contributed by atoms with Gasteiger partial charge in [-0.15, -0.1) is 0 Å². The average molecular weight is 757 g/mol. The Labute approximate surface area is 342 Å². The molecule has 280 valence electrons. The van der Waals surface area contributed by atoms with E-state index in [1.807, 2.05) is 17.8 Å². The molecule has 0 spiro atoms. The molecule has 0 atom stereocenters. The first-order valence-corrected chi connectivity index (χ1v) is 21.2. The maximum Gasteiger partial charge on any atom is 0.0601 e. The Morgan fingerprint density at radius 3 is 1.77 bits per heavy atom. The Balaban J connectivity index is 0.940. The number of aryl methyl sites for hydroxylation is 1. The zero-order valence-electron chi connectivity index (χ0n) is 33.6. The van der Waals surface area contributed by atoms with E-state index >= 15 is 0 Å². The lowest BCUT2D eigenvalue weighted by Gasteiger charge is -2.34. The standard InChI is InChI=1S/C54H48N2S/c1-7-14-51-48(8-2)56(50-18-11-12-19-52(50)57-51)39-25-29-43-41-27-23-36(32-45(41)54(5,6)47(43)34-39)21-20-35-22-26-40-42-28-24-38(33-46(42)53(3,4)44(40)31-35)55-30-13-16-37-15-9-10-17-49(37)55/h7-12,14-15,17-29,31-34H,2,13,16,30H2,1,3-6H3. The molecule has 0 N–H and O–H groups in total. The Kier molecular flexibility index (Phi) is 8.39. The molecule has 0 saturated heterocycles. The maximum absolute atomic E-state index is 4.25. The lowest BCUT2D eigenvalue weighted by molar-refractivity contribution is 0.659. The number of para-hydroxylation sites is 2. The van der Waals surface area contributed by atoms with Gasteiger partial charge in [0.1, 0.15) is 0 Å². The molecule has 0 amide bonds. The lowest BCUT2D eigenvalue weighted by atomic mass is 9.81. The van der Waals surface area contributed by atoms with Crippen molar-refractivity contribution in [2.75, 3.05) is 16.3 Å². The summed E-state index contributed by atoms with van der Waals surface area (Å²) < 4.78 is 0. The topological polar surface area (TPSA) is 6.48 Å². The largest absolute Gasteiger partial charge is 0.341 e. The van der Waals surface area contributed by atoms with Crippen molar-refractivity contribution in [3.05, 3.63) is 196 Å². The minimum absolute atomic E-state index is 0.0896. The van der Waals surface area contributed by atoms with Crippen LogP contribution in [-0.4, -0.2) is 6.54 Å². The van der Waals surface area contributed by atoms with Crippen molar-refractivity contribution in [3.63, 3.8) is 0 Å². The van der Waals surface area contributed by atoms with Crippen LogP contribution in [0.15, 0.2) is 162 Å². The monoisotopic (exact) mass is 756 g/mol. The SMILES string of the molecule is C=CC1=C(C=CC)Sc2ccccc2N1c1ccc2c(c1)C(C)(C)c1cc(C=Cc3ccc4c(c3)C(C)(C)c3cc(N5CCCc6ccccc65)ccc3-4)ccc1-2. The summed E-state index contributed by atoms with van der Waals surface area (Å²) >= 11 is 1.81. The first kappa shape index (κ1) is 35.6. The fourth-order valence-electron chi connectivity index (χ4n) is 9.87. The van der Waals surface area contributed by atoms with Crippen LogP contribution in [-0.2, 0) is 17.3 Å². The van der Waals surface area contributed by atoms with Crippen molar-refractivity contribution in [1.82, 2.24) is 0 Å². The number of anilines is 4. The van der Waals surface area contributed by atoms with Gasteiger partial charge in [0.15, 0.2) is 0 Å². The summed E-state index contributed by atoms with van der Waals surface area (Å²) in [5, 5.41) is 0. The summed E-state index contributed by atoms with van der Waals surface area (Å²) in [6, 6.07) is 45.8. The van der Waals surface area contributed by atoms with Gasteiger partial charge in [0.05, 0.1) is 11.4 Å². The number of rotatable bonds is 6. The summed E-state index contributed by atoms with van der Waals surface area (Å²) in [4.78, 5) is 7.35. The van der Waals surface area contributed by atoms with Crippen LogP contribution in [0.5, 0.6) is 0 Å². The number of hydrogen-bond donors (Lipinski definition) is 0. The van der Waals surface area contributed by atoms with Gasteiger partial charge in [0, 0.05) is 44.2 Å². The molecule has 0 fully saturated rings. The second-order valence-electron chi connectivity index (χ2n) is 16.9. The number of fused-ring (bicyclic) bond motifs is 8. The Morgan fingerprint density at radius 2 is 1.14 bits per heavy atom. The third kappa shape index (κ3) is 5.62. The summed E-state index contributed by atoms with van der Waals surface area (Å²) in [6.45, 7) is 16.9. The minimum atomic E-state index is -0.155. The van der Waals surface area contributed by atoms with Gasteiger partial charge in [-0.3, -0.25) is 0 Å². The summed E-state index contributed by atoms with van der Waals surface area (Å²) in [7, 11) is 0. The highest BCUT2D eigenvalue weighted by molar-refractivity contribution is 8.03. The third-order valence-electron chi connectivity index (χ3n) is 12.8. The molecule has 2 aliphatic heterocycles. The van der Waals surface area contributed by atoms with Crippen LogP contribution < -0.4 is 9.80 Å². The van der Waals surface area contributed by atoms with E-state index in [1.165, 1.54) is 94.5 Å². The molecule has 4 aliphatic rings. The fraction of sp³-hybridized carbons (Fsp3) is 0.185. The molecule has 2 heterocycles. The molecular weight excluding hydrogens is 709 g/mol. The second kappa shape index (κ2) is 13.4. The highest BCUT2D eigenvalue weighted by Gasteiger charge is 2.38. The van der Waals surface area contributed by atoms with Gasteiger partial charge >= 0.3 is 0 Å². The van der Waals surface area contributed by atoms with Crippen LogP contribution in [0.3, 0.4) is 0 Å². The van der Waals surface area contributed by atoms with Crippen molar-refractivity contribution in [2.24, 2.45) is 0 Å². The predicted octanol–water partition coefficient (Wildman–Crippen LogP) is 14.8. The number of thioether (sulfide) groups is 1. The van der Waals surface area contributed by atoms with Crippen molar-refractivity contribution in [1.29, 1.82) is 0 Å². The van der Waals surface area contributed by atoms with E-state index in [0.717, 1.165) is 24.4 Å². The number of hydrogen-bond acceptors (Lipinski definition) is 3. The minimum Gasteiger partial charge on any atom is -0.341 e. The second-order valence-corrected chi connectivity index (χ2v) is 18.0. The summed E-state index contributed by atoms with van der Waals surface area (Å²) in [5.74, 6) is 0. The molecule has 0 unspecified atom stereocenters. The van der Waals surface area contributed by atoms with E-state index in [0.29, 0.717) is 0 Å². The third-order valence-corrected chi connectivity index (χ3v) is 14.0. The molecule has 6 aromatic rings. The van der Waals surface area contributed by atoms with Gasteiger partial charge in [0.25, 0.3) is 0 Å². The van der Waals surface area contributed by atoms with Gasteiger partial charge in [-0.1, -0.05) is 149 Å². The van der Waals surface area contributed by atoms with Gasteiger partial charge in [-0.25, -0.2) is 0 Å². The van der Waals surface area contributed by atoms with Gasteiger partial charge < -0.3 is 9.80 Å². The average Bonchev–Trinajstić information content (AvgIpc) is 3.60. The van der Waals surface area contributed by atoms with Crippen molar-refractivity contribution < 1.29 is 0 Å². The van der Waals surface area contributed by atoms with E-state index < -0.39 is 0 Å². The van der Waals surface area contributed by atoms with Crippen LogP contribution in [0.1, 0.15) is 80.0 Å². The Hall–Kier alpha value is -5.77. The molecule has 0 aromatic heterocycles. The molecule has 57 heavy (non-hydrogen) atoms. The molecular formula is C54H48N2S. The van der Waals surface area contributed by atoms with E-state index in [-0.39, 0.29) is 10.8 Å². The molecule has 3 heteroatoms. The van der Waals surface area contributed by atoms with Gasteiger partial charge in [0.2, 0.25) is 0 Å². The van der Waals surface area contributed by atoms with Gasteiger partial charge in [-0.05, 0) is 130 Å². The molecule has 2 nitrogen and oxygen atoms in total. The normalized spacial score (nSPS) is 17.0. The number of nitrogens with zero attached hydrogens (tertiary/aromatic N) is 2. The van der Waals surface area contributed by atoms with Crippen LogP contribution >= 0.6 is 11.8 Å². The zero-order chi connectivity index (χ0) is 39.1. The molecule has 0 bridgehead atoms. The number of benzene rings is 6. The highest BCUT2D eigenvalue weighted by Crippen LogP contribution is 2.54. The maximum atomic E-state index is 4.25. The van der Waals surface area contributed by atoms with E-state index in [1.54, 1.807) is 0 Å². The summed E-state index contributed by atoms with van der Waals surface area (Å²) in [5.41, 5.74) is 20.7. The van der Waals surface area contributed by atoms with Gasteiger partial charge in [-0.2, -0.15) is 0 Å². The van der Waals surface area contributed by atoms with Crippen LogP contribution in [0, 0.1) is 0 Å². The molecule has 0 saturated carbocycles. The van der Waals surface area contributed by atoms with E-state index in [2.05, 4.69) is 197 Å². The van der Waals surface area contributed by atoms with Crippen LogP contribution in [0.25, 0.3) is 34.4 Å². The lowest BCUT2D eigenvalue weighted by Crippen LogP contribution is -2.25. The number of allylic oxidation sites excluding steroid dienone is 3. The molecule has 6 aromatic carbocycles. The Bertz CT molecular complexity index is 2740. The first-order valence-electron chi connectivity index (χ1n) is 20.4.